The molecule has 0 saturated heterocycles. The number of aliphatic hydroxyl groups is 1. The first-order chi connectivity index (χ1) is 7.13. The molecule has 15 heavy (non-hydrogen) atoms. The number of carboxylic acids is 1. The number of thioether (sulfide) groups is 1. The van der Waals surface area contributed by atoms with Crippen molar-refractivity contribution in [1.82, 2.24) is 0 Å². The lowest BCUT2D eigenvalue weighted by Gasteiger charge is -2.06. The summed E-state index contributed by atoms with van der Waals surface area (Å²) in [4.78, 5) is 10.5. The van der Waals surface area contributed by atoms with Crippen LogP contribution in [-0.4, -0.2) is 41.8 Å². The average Bonchev–Trinajstić information content (AvgIpc) is 2.63. The molecule has 0 aliphatic heterocycles. The summed E-state index contributed by atoms with van der Waals surface area (Å²) in [6.45, 7) is 0.250. The fraction of sp³-hybridized carbons (Fsp3) is 0.444. The molecule has 84 valence electrons. The maximum Gasteiger partial charge on any atom is 0.371 e. The minimum absolute atomic E-state index is 0.0984. The summed E-state index contributed by atoms with van der Waals surface area (Å²) in [5.74, 6) is -0.793. The van der Waals surface area contributed by atoms with Crippen molar-refractivity contribution in [3.8, 4) is 0 Å². The van der Waals surface area contributed by atoms with Crippen LogP contribution in [0.5, 0.6) is 0 Å². The van der Waals surface area contributed by atoms with E-state index in [9.17, 15) is 9.90 Å². The van der Waals surface area contributed by atoms with Crippen LogP contribution in [0.25, 0.3) is 0 Å². The van der Waals surface area contributed by atoms with Crippen molar-refractivity contribution < 1.29 is 24.2 Å². The fourth-order valence-corrected chi connectivity index (χ4v) is 1.70. The average molecular weight is 232 g/mol. The van der Waals surface area contributed by atoms with E-state index in [1.54, 1.807) is 6.07 Å². The highest BCUT2D eigenvalue weighted by atomic mass is 32.2. The largest absolute Gasteiger partial charge is 0.475 e. The minimum Gasteiger partial charge on any atom is -0.475 e. The van der Waals surface area contributed by atoms with Gasteiger partial charge in [0.1, 0.15) is 0 Å². The highest BCUT2D eigenvalue weighted by Crippen LogP contribution is 2.21. The smallest absolute Gasteiger partial charge is 0.371 e. The van der Waals surface area contributed by atoms with E-state index in [4.69, 9.17) is 14.3 Å². The van der Waals surface area contributed by atoms with Crippen LogP contribution in [-0.2, 0) is 4.74 Å². The van der Waals surface area contributed by atoms with Gasteiger partial charge in [0.2, 0.25) is 5.76 Å². The summed E-state index contributed by atoms with van der Waals surface area (Å²) in [6.07, 6.45) is -0.585. The second-order valence-corrected chi connectivity index (χ2v) is 3.87. The van der Waals surface area contributed by atoms with Crippen LogP contribution in [0.1, 0.15) is 10.6 Å². The number of ether oxygens (including phenoxy) is 1. The highest BCUT2D eigenvalue weighted by molar-refractivity contribution is 7.99. The molecular weight excluding hydrogens is 220 g/mol. The van der Waals surface area contributed by atoms with Gasteiger partial charge in [0.25, 0.3) is 0 Å². The SMILES string of the molecule is COCC(O)CSc1ccc(C(=O)O)o1. The van der Waals surface area contributed by atoms with Gasteiger partial charge in [0.15, 0.2) is 5.09 Å². The molecule has 0 fully saturated rings. The van der Waals surface area contributed by atoms with Gasteiger partial charge in [-0.15, -0.1) is 0 Å². The van der Waals surface area contributed by atoms with Gasteiger partial charge in [0.05, 0.1) is 12.7 Å². The molecule has 5 nitrogen and oxygen atoms in total. The van der Waals surface area contributed by atoms with Gasteiger partial charge >= 0.3 is 5.97 Å². The van der Waals surface area contributed by atoms with Crippen LogP contribution in [0.4, 0.5) is 0 Å². The fourth-order valence-electron chi connectivity index (χ4n) is 0.931. The van der Waals surface area contributed by atoms with Crippen LogP contribution >= 0.6 is 11.8 Å². The molecule has 6 heteroatoms. The number of methoxy groups -OCH3 is 1. The number of hydrogen-bond donors (Lipinski definition) is 2. The molecule has 0 aromatic carbocycles. The van der Waals surface area contributed by atoms with E-state index >= 15 is 0 Å². The molecule has 1 atom stereocenters. The Labute approximate surface area is 91.0 Å². The van der Waals surface area contributed by atoms with Crippen molar-refractivity contribution in [3.05, 3.63) is 17.9 Å². The number of furan rings is 1. The molecule has 0 aliphatic rings. The third-order valence-electron chi connectivity index (χ3n) is 1.57. The van der Waals surface area contributed by atoms with E-state index in [2.05, 4.69) is 0 Å². The third kappa shape index (κ3) is 3.94. The van der Waals surface area contributed by atoms with E-state index in [1.807, 2.05) is 0 Å². The number of rotatable bonds is 6. The second-order valence-electron chi connectivity index (χ2n) is 2.84. The Balaban J connectivity index is 2.40. The van der Waals surface area contributed by atoms with Gasteiger partial charge < -0.3 is 19.4 Å². The predicted octanol–water partition coefficient (Wildman–Crippen LogP) is 1.08. The standard InChI is InChI=1S/C9H12O5S/c1-13-4-6(10)5-15-8-3-2-7(14-8)9(11)12/h2-3,6,10H,4-5H2,1H3,(H,11,12). The summed E-state index contributed by atoms with van der Waals surface area (Å²) < 4.78 is 9.73. The number of carboxylic acid groups (broad SMARTS) is 1. The van der Waals surface area contributed by atoms with Crippen LogP contribution in [0.2, 0.25) is 0 Å². The van der Waals surface area contributed by atoms with E-state index in [-0.39, 0.29) is 12.4 Å². The van der Waals surface area contributed by atoms with Crippen LogP contribution in [0.15, 0.2) is 21.6 Å². The number of hydrogen-bond acceptors (Lipinski definition) is 5. The van der Waals surface area contributed by atoms with Gasteiger partial charge in [0, 0.05) is 12.9 Å². The molecular formula is C9H12O5S. The van der Waals surface area contributed by atoms with E-state index in [0.717, 1.165) is 0 Å². The van der Waals surface area contributed by atoms with Crippen LogP contribution in [0.3, 0.4) is 0 Å². The summed E-state index contributed by atoms with van der Waals surface area (Å²) in [5.41, 5.74) is 0. The van der Waals surface area contributed by atoms with E-state index in [1.165, 1.54) is 24.9 Å². The summed E-state index contributed by atoms with van der Waals surface area (Å²) in [5, 5.41) is 18.4. The minimum atomic E-state index is -1.10. The molecule has 1 rings (SSSR count). The van der Waals surface area contributed by atoms with Crippen molar-refractivity contribution in [2.45, 2.75) is 11.2 Å². The molecule has 1 aromatic rings. The molecule has 0 saturated carbocycles. The Bertz CT molecular complexity index is 322. The Morgan fingerprint density at radius 2 is 2.40 bits per heavy atom. The quantitative estimate of drug-likeness (QED) is 0.714. The zero-order chi connectivity index (χ0) is 11.3. The second kappa shape index (κ2) is 5.79. The van der Waals surface area contributed by atoms with E-state index < -0.39 is 12.1 Å². The third-order valence-corrected chi connectivity index (χ3v) is 2.62. The maximum atomic E-state index is 10.5. The summed E-state index contributed by atoms with van der Waals surface area (Å²) in [7, 11) is 1.50. The van der Waals surface area contributed by atoms with Gasteiger partial charge in [-0.25, -0.2) is 4.79 Å². The Hall–Kier alpha value is -0.980. The molecule has 0 radical (unpaired) electrons. The number of carbonyl (C=O) groups is 1. The Kier molecular flexibility index (Phi) is 4.67. The first-order valence-electron chi connectivity index (χ1n) is 4.26. The lowest BCUT2D eigenvalue weighted by atomic mass is 10.4. The lowest BCUT2D eigenvalue weighted by molar-refractivity contribution is 0.0656. The van der Waals surface area contributed by atoms with Gasteiger partial charge in [-0.05, 0) is 12.1 Å². The summed E-state index contributed by atoms with van der Waals surface area (Å²) >= 11 is 1.25. The van der Waals surface area contributed by atoms with Crippen molar-refractivity contribution in [2.24, 2.45) is 0 Å². The molecule has 0 spiro atoms. The molecule has 1 aromatic heterocycles. The van der Waals surface area contributed by atoms with Crippen molar-refractivity contribution in [1.29, 1.82) is 0 Å². The Morgan fingerprint density at radius 3 is 2.93 bits per heavy atom. The van der Waals surface area contributed by atoms with E-state index in [0.29, 0.717) is 10.8 Å². The molecule has 0 aliphatic carbocycles. The molecule has 1 unspecified atom stereocenters. The van der Waals surface area contributed by atoms with Gasteiger partial charge in [-0.3, -0.25) is 0 Å². The Morgan fingerprint density at radius 1 is 1.67 bits per heavy atom. The van der Waals surface area contributed by atoms with Gasteiger partial charge in [-0.1, -0.05) is 11.8 Å². The zero-order valence-electron chi connectivity index (χ0n) is 8.17. The summed E-state index contributed by atoms with van der Waals surface area (Å²) in [6, 6.07) is 2.95. The number of aliphatic hydroxyl groups excluding tert-OH is 1. The van der Waals surface area contributed by atoms with Gasteiger partial charge in [-0.2, -0.15) is 0 Å². The zero-order valence-corrected chi connectivity index (χ0v) is 8.99. The van der Waals surface area contributed by atoms with Crippen molar-refractivity contribution >= 4 is 17.7 Å². The monoisotopic (exact) mass is 232 g/mol. The molecule has 0 amide bonds. The topological polar surface area (TPSA) is 79.9 Å². The van der Waals surface area contributed by atoms with Crippen molar-refractivity contribution in [3.63, 3.8) is 0 Å². The van der Waals surface area contributed by atoms with Crippen LogP contribution < -0.4 is 0 Å². The molecule has 0 bridgehead atoms. The van der Waals surface area contributed by atoms with Crippen LogP contribution in [0, 0.1) is 0 Å². The highest BCUT2D eigenvalue weighted by Gasteiger charge is 2.11. The first kappa shape index (κ1) is 12.1. The lowest BCUT2D eigenvalue weighted by Crippen LogP contribution is -2.16. The molecule has 1 heterocycles. The van der Waals surface area contributed by atoms with Crippen molar-refractivity contribution in [2.75, 3.05) is 19.5 Å². The predicted molar refractivity (Wildman–Crippen MR) is 54.3 cm³/mol. The molecule has 2 N–H and O–H groups in total. The maximum absolute atomic E-state index is 10.5. The first-order valence-corrected chi connectivity index (χ1v) is 5.25. The normalized spacial score (nSPS) is 12.7. The number of aromatic carboxylic acids is 1.